The molecule has 1 aliphatic rings. The molecule has 0 radical (unpaired) electrons. The maximum Gasteiger partial charge on any atom is 0.354 e. The largest absolute Gasteiger partial charge is 0.478 e. The zero-order valence-electron chi connectivity index (χ0n) is 6.82. The molecule has 1 N–H and O–H groups in total. The maximum absolute atomic E-state index is 10.9. The summed E-state index contributed by atoms with van der Waals surface area (Å²) in [5.41, 5.74) is 0. The van der Waals surface area contributed by atoms with E-state index < -0.39 is 12.2 Å². The molecular formula is C7H11NO4. The molecule has 1 aliphatic heterocycles. The van der Waals surface area contributed by atoms with Crippen LogP contribution < -0.4 is 0 Å². The number of carboxylic acids is 1. The normalized spacial score (nSPS) is 23.8. The van der Waals surface area contributed by atoms with Crippen LogP contribution in [0.3, 0.4) is 0 Å². The highest BCUT2D eigenvalue weighted by atomic mass is 16.5. The number of amides is 1. The summed E-state index contributed by atoms with van der Waals surface area (Å²) < 4.78 is 4.92. The van der Waals surface area contributed by atoms with Gasteiger partial charge in [-0.25, -0.2) is 4.79 Å². The van der Waals surface area contributed by atoms with Crippen molar-refractivity contribution in [2.24, 2.45) is 0 Å². The third-order valence-electron chi connectivity index (χ3n) is 1.72. The van der Waals surface area contributed by atoms with Crippen LogP contribution >= 0.6 is 0 Å². The Morgan fingerprint density at radius 3 is 2.67 bits per heavy atom. The molecule has 1 atom stereocenters. The van der Waals surface area contributed by atoms with Crippen molar-refractivity contribution in [1.29, 1.82) is 0 Å². The first-order valence-electron chi connectivity index (χ1n) is 3.74. The minimum atomic E-state index is -1.11. The predicted molar refractivity (Wildman–Crippen MR) is 39.4 cm³/mol. The fraction of sp³-hybridized carbons (Fsp3) is 0.714. The van der Waals surface area contributed by atoms with Gasteiger partial charge in [0.15, 0.2) is 0 Å². The van der Waals surface area contributed by atoms with E-state index in [1.54, 1.807) is 0 Å². The van der Waals surface area contributed by atoms with Crippen LogP contribution in [-0.4, -0.2) is 41.3 Å². The van der Waals surface area contributed by atoms with Crippen molar-refractivity contribution in [2.75, 3.05) is 13.2 Å². The molecule has 0 aromatic rings. The Bertz CT molecular complexity index is 182. The number of carbonyl (C=O) groups is 2. The van der Waals surface area contributed by atoms with Crippen molar-refractivity contribution in [1.82, 2.24) is 4.90 Å². The highest BCUT2D eigenvalue weighted by Crippen LogP contribution is 2.10. The molecule has 0 aliphatic carbocycles. The zero-order valence-corrected chi connectivity index (χ0v) is 6.82. The molecule has 0 aromatic carbocycles. The smallest absolute Gasteiger partial charge is 0.354 e. The standard InChI is InChI=1S/C7H11NO4/c1-5(9)8-3-2-4-12-6(8)7(10)11/h6H,2-4H2,1H3,(H,10,11). The number of aliphatic carboxylic acids is 1. The van der Waals surface area contributed by atoms with Crippen LogP contribution in [0, 0.1) is 0 Å². The lowest BCUT2D eigenvalue weighted by Crippen LogP contribution is -2.49. The SMILES string of the molecule is CC(=O)N1CCCOC1C(=O)O. The quantitative estimate of drug-likeness (QED) is 0.589. The summed E-state index contributed by atoms with van der Waals surface area (Å²) in [5, 5.41) is 8.64. The summed E-state index contributed by atoms with van der Waals surface area (Å²) in [6, 6.07) is 0. The first-order valence-corrected chi connectivity index (χ1v) is 3.74. The lowest BCUT2D eigenvalue weighted by atomic mass is 10.3. The highest BCUT2D eigenvalue weighted by Gasteiger charge is 2.30. The van der Waals surface area contributed by atoms with Crippen LogP contribution in [-0.2, 0) is 14.3 Å². The van der Waals surface area contributed by atoms with E-state index in [2.05, 4.69) is 0 Å². The van der Waals surface area contributed by atoms with Crippen LogP contribution in [0.2, 0.25) is 0 Å². The molecule has 0 spiro atoms. The van der Waals surface area contributed by atoms with Crippen molar-refractivity contribution >= 4 is 11.9 Å². The van der Waals surface area contributed by atoms with Gasteiger partial charge in [0.25, 0.3) is 0 Å². The number of nitrogens with zero attached hydrogens (tertiary/aromatic N) is 1. The van der Waals surface area contributed by atoms with Gasteiger partial charge >= 0.3 is 5.97 Å². The number of hydrogen-bond donors (Lipinski definition) is 1. The van der Waals surface area contributed by atoms with Crippen LogP contribution in [0.5, 0.6) is 0 Å². The average Bonchev–Trinajstić information content (AvgIpc) is 2.04. The molecule has 1 unspecified atom stereocenters. The summed E-state index contributed by atoms with van der Waals surface area (Å²) in [7, 11) is 0. The molecule has 1 rings (SSSR count). The van der Waals surface area contributed by atoms with Gasteiger partial charge in [0.2, 0.25) is 12.1 Å². The molecule has 1 amide bonds. The Balaban J connectivity index is 2.67. The Morgan fingerprint density at radius 2 is 2.25 bits per heavy atom. The van der Waals surface area contributed by atoms with E-state index in [1.165, 1.54) is 11.8 Å². The lowest BCUT2D eigenvalue weighted by Gasteiger charge is -2.31. The molecule has 1 saturated heterocycles. The number of carbonyl (C=O) groups excluding carboxylic acids is 1. The average molecular weight is 173 g/mol. The molecule has 68 valence electrons. The summed E-state index contributed by atoms with van der Waals surface area (Å²) in [6.07, 6.45) is -0.389. The van der Waals surface area contributed by atoms with E-state index in [0.717, 1.165) is 0 Å². The molecule has 1 heterocycles. The first kappa shape index (κ1) is 8.99. The maximum atomic E-state index is 10.9. The van der Waals surface area contributed by atoms with Gasteiger partial charge in [-0.15, -0.1) is 0 Å². The Labute approximate surface area is 69.9 Å². The third-order valence-corrected chi connectivity index (χ3v) is 1.72. The van der Waals surface area contributed by atoms with Crippen molar-refractivity contribution < 1.29 is 19.4 Å². The Morgan fingerprint density at radius 1 is 1.58 bits per heavy atom. The van der Waals surface area contributed by atoms with Crippen LogP contribution in [0.1, 0.15) is 13.3 Å². The van der Waals surface area contributed by atoms with E-state index >= 15 is 0 Å². The van der Waals surface area contributed by atoms with Gasteiger partial charge in [-0.1, -0.05) is 0 Å². The number of rotatable bonds is 1. The fourth-order valence-corrected chi connectivity index (χ4v) is 1.16. The van der Waals surface area contributed by atoms with E-state index in [9.17, 15) is 9.59 Å². The van der Waals surface area contributed by atoms with E-state index in [1.807, 2.05) is 0 Å². The zero-order chi connectivity index (χ0) is 9.14. The second kappa shape index (κ2) is 3.53. The van der Waals surface area contributed by atoms with Crippen LogP contribution in [0.15, 0.2) is 0 Å². The lowest BCUT2D eigenvalue weighted by molar-refractivity contribution is -0.178. The minimum absolute atomic E-state index is 0.262. The Kier molecular flexibility index (Phi) is 2.65. The number of hydrogen-bond acceptors (Lipinski definition) is 3. The third kappa shape index (κ3) is 1.73. The molecule has 5 nitrogen and oxygen atoms in total. The van der Waals surface area contributed by atoms with E-state index in [-0.39, 0.29) is 5.91 Å². The van der Waals surface area contributed by atoms with Gasteiger partial charge in [0, 0.05) is 13.5 Å². The van der Waals surface area contributed by atoms with Crippen LogP contribution in [0.4, 0.5) is 0 Å². The number of ether oxygens (including phenoxy) is 1. The minimum Gasteiger partial charge on any atom is -0.478 e. The van der Waals surface area contributed by atoms with Gasteiger partial charge in [0.1, 0.15) is 0 Å². The Hall–Kier alpha value is -1.10. The topological polar surface area (TPSA) is 66.8 Å². The fourth-order valence-electron chi connectivity index (χ4n) is 1.16. The van der Waals surface area contributed by atoms with Gasteiger partial charge < -0.3 is 14.7 Å². The van der Waals surface area contributed by atoms with E-state index in [4.69, 9.17) is 9.84 Å². The molecule has 12 heavy (non-hydrogen) atoms. The van der Waals surface area contributed by atoms with Gasteiger partial charge in [-0.2, -0.15) is 0 Å². The monoisotopic (exact) mass is 173 g/mol. The predicted octanol–water partition coefficient (Wildman–Crippen LogP) is -0.334. The van der Waals surface area contributed by atoms with Crippen molar-refractivity contribution in [3.8, 4) is 0 Å². The molecule has 0 saturated carbocycles. The molecule has 1 fully saturated rings. The van der Waals surface area contributed by atoms with E-state index in [0.29, 0.717) is 19.6 Å². The van der Waals surface area contributed by atoms with Gasteiger partial charge in [0.05, 0.1) is 6.61 Å². The second-order valence-corrected chi connectivity index (χ2v) is 2.63. The molecule has 0 aromatic heterocycles. The first-order chi connectivity index (χ1) is 5.63. The van der Waals surface area contributed by atoms with Crippen molar-refractivity contribution in [2.45, 2.75) is 19.6 Å². The summed E-state index contributed by atoms with van der Waals surface area (Å²) in [4.78, 5) is 22.7. The van der Waals surface area contributed by atoms with Crippen molar-refractivity contribution in [3.63, 3.8) is 0 Å². The summed E-state index contributed by atoms with van der Waals surface area (Å²) in [5.74, 6) is -1.37. The van der Waals surface area contributed by atoms with Gasteiger partial charge in [-0.05, 0) is 6.42 Å². The molecular weight excluding hydrogens is 162 g/mol. The highest BCUT2D eigenvalue weighted by molar-refractivity contribution is 5.81. The van der Waals surface area contributed by atoms with Crippen molar-refractivity contribution in [3.05, 3.63) is 0 Å². The van der Waals surface area contributed by atoms with Crippen LogP contribution in [0.25, 0.3) is 0 Å². The number of carboxylic acid groups (broad SMARTS) is 1. The molecule has 5 heteroatoms. The summed E-state index contributed by atoms with van der Waals surface area (Å²) in [6.45, 7) is 2.21. The van der Waals surface area contributed by atoms with Gasteiger partial charge in [-0.3, -0.25) is 4.79 Å². The summed E-state index contributed by atoms with van der Waals surface area (Å²) >= 11 is 0. The molecule has 0 bridgehead atoms. The second-order valence-electron chi connectivity index (χ2n) is 2.63.